The molecule has 1 atom stereocenters. The van der Waals surface area contributed by atoms with Gasteiger partial charge in [-0.05, 0) is 25.1 Å². The minimum absolute atomic E-state index is 0.210. The molecule has 1 aromatic heterocycles. The predicted molar refractivity (Wildman–Crippen MR) is 83.7 cm³/mol. The molecule has 0 spiro atoms. The molecule has 0 aliphatic rings. The van der Waals surface area contributed by atoms with Crippen molar-refractivity contribution in [3.8, 4) is 0 Å². The van der Waals surface area contributed by atoms with Crippen LogP contribution in [0.3, 0.4) is 0 Å². The van der Waals surface area contributed by atoms with Crippen LogP contribution in [-0.2, 0) is 7.05 Å². The lowest BCUT2D eigenvalue weighted by molar-refractivity contribution is 0.765. The first kappa shape index (κ1) is 13.9. The van der Waals surface area contributed by atoms with Gasteiger partial charge in [0.25, 0.3) is 0 Å². The summed E-state index contributed by atoms with van der Waals surface area (Å²) in [6, 6.07) is 6.46. The summed E-state index contributed by atoms with van der Waals surface area (Å²) in [5, 5.41) is 7.75. The molecule has 0 radical (unpaired) electrons. The normalized spacial score (nSPS) is 12.3. The van der Waals surface area contributed by atoms with Gasteiger partial charge in [0.05, 0.1) is 23.6 Å². The van der Waals surface area contributed by atoms with Gasteiger partial charge in [-0.15, -0.1) is 0 Å². The minimum Gasteiger partial charge on any atom is -0.377 e. The molecule has 0 saturated heterocycles. The number of halogens is 1. The Hall–Kier alpha value is -1.49. The molecule has 0 aliphatic heterocycles. The van der Waals surface area contributed by atoms with Crippen molar-refractivity contribution < 1.29 is 0 Å². The Labute approximate surface area is 122 Å². The Morgan fingerprint density at radius 3 is 2.68 bits per heavy atom. The Bertz CT molecular complexity index is 562. The summed E-state index contributed by atoms with van der Waals surface area (Å²) in [6.07, 6.45) is 3.93. The van der Waals surface area contributed by atoms with E-state index in [-0.39, 0.29) is 6.04 Å². The summed E-state index contributed by atoms with van der Waals surface area (Å²) in [7, 11) is 6.02. The van der Waals surface area contributed by atoms with Crippen molar-refractivity contribution in [2.45, 2.75) is 13.0 Å². The van der Waals surface area contributed by atoms with Crippen molar-refractivity contribution in [3.63, 3.8) is 0 Å². The molecule has 2 aromatic rings. The zero-order valence-corrected chi connectivity index (χ0v) is 13.3. The molecule has 0 aliphatic carbocycles. The summed E-state index contributed by atoms with van der Waals surface area (Å²) in [5.74, 6) is 0. The fourth-order valence-electron chi connectivity index (χ4n) is 1.99. The summed E-state index contributed by atoms with van der Waals surface area (Å²) in [6.45, 7) is 2.14. The van der Waals surface area contributed by atoms with Gasteiger partial charge in [0.15, 0.2) is 0 Å². The van der Waals surface area contributed by atoms with Crippen LogP contribution in [-0.4, -0.2) is 23.9 Å². The molecule has 1 N–H and O–H groups in total. The molecule has 5 heteroatoms. The highest BCUT2D eigenvalue weighted by Gasteiger charge is 2.11. The molecule has 19 heavy (non-hydrogen) atoms. The van der Waals surface area contributed by atoms with Crippen molar-refractivity contribution in [2.24, 2.45) is 7.05 Å². The lowest BCUT2D eigenvalue weighted by atomic mass is 10.1. The third-order valence-corrected chi connectivity index (χ3v) is 3.53. The van der Waals surface area contributed by atoms with E-state index in [1.165, 1.54) is 11.3 Å². The summed E-state index contributed by atoms with van der Waals surface area (Å²) in [5.41, 5.74) is 3.45. The highest BCUT2D eigenvalue weighted by Crippen LogP contribution is 2.30. The van der Waals surface area contributed by atoms with Gasteiger partial charge in [0.2, 0.25) is 0 Å². The molecule has 2 rings (SSSR count). The molecular formula is C14H19BrN4. The highest BCUT2D eigenvalue weighted by molar-refractivity contribution is 9.10. The third-order valence-electron chi connectivity index (χ3n) is 3.04. The smallest absolute Gasteiger partial charge is 0.0597 e. The Morgan fingerprint density at radius 2 is 2.11 bits per heavy atom. The summed E-state index contributed by atoms with van der Waals surface area (Å²) < 4.78 is 2.89. The van der Waals surface area contributed by atoms with E-state index in [1.54, 1.807) is 0 Å². The Kier molecular flexibility index (Phi) is 4.14. The number of benzene rings is 1. The van der Waals surface area contributed by atoms with Crippen molar-refractivity contribution in [3.05, 3.63) is 40.6 Å². The molecule has 1 unspecified atom stereocenters. The van der Waals surface area contributed by atoms with Crippen molar-refractivity contribution in [1.29, 1.82) is 0 Å². The van der Waals surface area contributed by atoms with Gasteiger partial charge in [-0.1, -0.05) is 15.9 Å². The Morgan fingerprint density at radius 1 is 1.37 bits per heavy atom. The number of hydrogen-bond acceptors (Lipinski definition) is 3. The van der Waals surface area contributed by atoms with E-state index in [9.17, 15) is 0 Å². The number of rotatable bonds is 4. The largest absolute Gasteiger partial charge is 0.377 e. The number of nitrogens with one attached hydrogen (secondary N) is 1. The molecule has 1 heterocycles. The maximum absolute atomic E-state index is 4.21. The zero-order chi connectivity index (χ0) is 14.0. The van der Waals surface area contributed by atoms with E-state index in [1.807, 2.05) is 38.2 Å². The lowest BCUT2D eigenvalue weighted by Gasteiger charge is -2.21. The number of hydrogen-bond donors (Lipinski definition) is 1. The quantitative estimate of drug-likeness (QED) is 0.936. The van der Waals surface area contributed by atoms with Crippen LogP contribution in [0.15, 0.2) is 35.1 Å². The van der Waals surface area contributed by atoms with E-state index in [4.69, 9.17) is 0 Å². The second kappa shape index (κ2) is 5.65. The molecule has 1 aromatic carbocycles. The topological polar surface area (TPSA) is 33.1 Å². The molecule has 0 fully saturated rings. The van der Waals surface area contributed by atoms with Gasteiger partial charge >= 0.3 is 0 Å². The van der Waals surface area contributed by atoms with E-state index in [2.05, 4.69) is 56.4 Å². The van der Waals surface area contributed by atoms with Crippen LogP contribution in [0.4, 0.5) is 11.4 Å². The highest BCUT2D eigenvalue weighted by atomic mass is 79.9. The number of aryl methyl sites for hydroxylation is 1. The zero-order valence-electron chi connectivity index (χ0n) is 11.7. The van der Waals surface area contributed by atoms with Crippen molar-refractivity contribution >= 4 is 27.3 Å². The number of anilines is 2. The minimum atomic E-state index is 0.210. The van der Waals surface area contributed by atoms with Crippen LogP contribution < -0.4 is 10.2 Å². The lowest BCUT2D eigenvalue weighted by Crippen LogP contribution is -2.14. The van der Waals surface area contributed by atoms with E-state index >= 15 is 0 Å². The SMILES string of the molecule is CC(Nc1cc(Br)ccc1N(C)C)c1cnn(C)c1. The van der Waals surface area contributed by atoms with Gasteiger partial charge in [0.1, 0.15) is 0 Å². The van der Waals surface area contributed by atoms with Crippen LogP contribution >= 0.6 is 15.9 Å². The van der Waals surface area contributed by atoms with E-state index in [0.29, 0.717) is 0 Å². The fraction of sp³-hybridized carbons (Fsp3) is 0.357. The average molecular weight is 323 g/mol. The molecule has 0 amide bonds. The Balaban J connectivity index is 2.25. The van der Waals surface area contributed by atoms with E-state index in [0.717, 1.165) is 10.2 Å². The fourth-order valence-corrected chi connectivity index (χ4v) is 2.36. The maximum Gasteiger partial charge on any atom is 0.0597 e. The molecular weight excluding hydrogens is 304 g/mol. The van der Waals surface area contributed by atoms with Crippen LogP contribution in [0.5, 0.6) is 0 Å². The first-order chi connectivity index (χ1) is 8.97. The van der Waals surface area contributed by atoms with Crippen LogP contribution in [0.1, 0.15) is 18.5 Å². The van der Waals surface area contributed by atoms with Crippen LogP contribution in [0, 0.1) is 0 Å². The van der Waals surface area contributed by atoms with Gasteiger partial charge in [0, 0.05) is 37.4 Å². The second-order valence-electron chi connectivity index (χ2n) is 4.87. The molecule has 102 valence electrons. The van der Waals surface area contributed by atoms with Crippen LogP contribution in [0.2, 0.25) is 0 Å². The van der Waals surface area contributed by atoms with Gasteiger partial charge in [-0.3, -0.25) is 4.68 Å². The monoisotopic (exact) mass is 322 g/mol. The van der Waals surface area contributed by atoms with Crippen molar-refractivity contribution in [1.82, 2.24) is 9.78 Å². The first-order valence-corrected chi connectivity index (χ1v) is 6.98. The van der Waals surface area contributed by atoms with Gasteiger partial charge in [-0.2, -0.15) is 5.10 Å². The van der Waals surface area contributed by atoms with Crippen molar-refractivity contribution in [2.75, 3.05) is 24.3 Å². The molecule has 0 saturated carbocycles. The van der Waals surface area contributed by atoms with Crippen LogP contribution in [0.25, 0.3) is 0 Å². The first-order valence-electron chi connectivity index (χ1n) is 6.19. The second-order valence-corrected chi connectivity index (χ2v) is 5.78. The predicted octanol–water partition coefficient (Wildman–Crippen LogP) is 3.42. The average Bonchev–Trinajstić information content (AvgIpc) is 2.75. The third kappa shape index (κ3) is 3.29. The molecule has 0 bridgehead atoms. The maximum atomic E-state index is 4.21. The summed E-state index contributed by atoms with van der Waals surface area (Å²) in [4.78, 5) is 2.10. The van der Waals surface area contributed by atoms with Gasteiger partial charge in [-0.25, -0.2) is 0 Å². The molecule has 4 nitrogen and oxygen atoms in total. The summed E-state index contributed by atoms with van der Waals surface area (Å²) >= 11 is 3.52. The van der Waals surface area contributed by atoms with Gasteiger partial charge < -0.3 is 10.2 Å². The number of aromatic nitrogens is 2. The standard InChI is InChI=1S/C14H19BrN4/c1-10(11-8-16-19(4)9-11)17-13-7-12(15)5-6-14(13)18(2)3/h5-10,17H,1-4H3. The number of nitrogens with zero attached hydrogens (tertiary/aromatic N) is 3. The van der Waals surface area contributed by atoms with E-state index < -0.39 is 0 Å².